The second-order valence-corrected chi connectivity index (χ2v) is 7.42. The van der Waals surface area contributed by atoms with E-state index in [9.17, 15) is 0 Å². The van der Waals surface area contributed by atoms with E-state index in [1.54, 1.807) is 7.11 Å². The lowest BCUT2D eigenvalue weighted by atomic mass is 10.1. The van der Waals surface area contributed by atoms with Gasteiger partial charge in [0.25, 0.3) is 0 Å². The summed E-state index contributed by atoms with van der Waals surface area (Å²) in [5.74, 6) is 2.40. The lowest BCUT2D eigenvalue weighted by Crippen LogP contribution is -2.28. The van der Waals surface area contributed by atoms with Crippen molar-refractivity contribution in [1.82, 2.24) is 14.9 Å². The third-order valence-corrected chi connectivity index (χ3v) is 5.37. The number of hydrogen-bond acceptors (Lipinski definition) is 5. The molecule has 1 N–H and O–H groups in total. The van der Waals surface area contributed by atoms with Gasteiger partial charge in [-0.1, -0.05) is 49.4 Å². The lowest BCUT2D eigenvalue weighted by Gasteiger charge is -2.21. The number of hydrogen-bond donors (Lipinski definition) is 1. The highest BCUT2D eigenvalue weighted by Gasteiger charge is 2.10. The van der Waals surface area contributed by atoms with E-state index in [-0.39, 0.29) is 0 Å². The number of rotatable bonds is 9. The molecule has 0 amide bonds. The van der Waals surface area contributed by atoms with Gasteiger partial charge in [-0.15, -0.1) is 0 Å². The SMILES string of the molecule is CCN(CCNc1nc(-c2ccc(OC)cc2)nc2ccccc12)Cc1ccccc1. The summed E-state index contributed by atoms with van der Waals surface area (Å²) in [4.78, 5) is 12.1. The molecule has 0 aliphatic heterocycles. The minimum Gasteiger partial charge on any atom is -0.497 e. The first-order valence-electron chi connectivity index (χ1n) is 10.7. The Bertz CT molecular complexity index is 1110. The molecule has 0 spiro atoms. The van der Waals surface area contributed by atoms with Crippen molar-refractivity contribution in [1.29, 1.82) is 0 Å². The maximum atomic E-state index is 5.27. The van der Waals surface area contributed by atoms with E-state index in [0.717, 1.165) is 54.2 Å². The average Bonchev–Trinajstić information content (AvgIpc) is 2.84. The van der Waals surface area contributed by atoms with Gasteiger partial charge in [0, 0.05) is 30.6 Å². The van der Waals surface area contributed by atoms with E-state index in [2.05, 4.69) is 53.5 Å². The fourth-order valence-corrected chi connectivity index (χ4v) is 3.60. The van der Waals surface area contributed by atoms with Crippen LogP contribution in [0.4, 0.5) is 5.82 Å². The van der Waals surface area contributed by atoms with Crippen LogP contribution in [0.1, 0.15) is 12.5 Å². The Balaban J connectivity index is 1.52. The molecule has 5 nitrogen and oxygen atoms in total. The molecule has 0 saturated carbocycles. The second kappa shape index (κ2) is 10.0. The van der Waals surface area contributed by atoms with Gasteiger partial charge in [0.1, 0.15) is 11.6 Å². The normalized spacial score (nSPS) is 11.1. The van der Waals surface area contributed by atoms with Gasteiger partial charge in [0.05, 0.1) is 12.6 Å². The molecule has 4 aromatic rings. The van der Waals surface area contributed by atoms with Gasteiger partial charge in [0.2, 0.25) is 0 Å². The zero-order valence-corrected chi connectivity index (χ0v) is 18.1. The zero-order chi connectivity index (χ0) is 21.5. The second-order valence-electron chi connectivity index (χ2n) is 7.42. The molecule has 0 saturated heterocycles. The van der Waals surface area contributed by atoms with Crippen LogP contribution in [0.15, 0.2) is 78.9 Å². The molecule has 158 valence electrons. The Kier molecular flexibility index (Phi) is 6.75. The predicted molar refractivity (Wildman–Crippen MR) is 127 cm³/mol. The van der Waals surface area contributed by atoms with Crippen molar-refractivity contribution in [3.63, 3.8) is 0 Å². The molecule has 0 atom stereocenters. The van der Waals surface area contributed by atoms with Crippen LogP contribution >= 0.6 is 0 Å². The third kappa shape index (κ3) is 5.19. The maximum absolute atomic E-state index is 5.27. The summed E-state index contributed by atoms with van der Waals surface area (Å²) in [6.45, 7) is 5.88. The summed E-state index contributed by atoms with van der Waals surface area (Å²) < 4.78 is 5.27. The molecule has 5 heteroatoms. The Morgan fingerprint density at radius 1 is 0.871 bits per heavy atom. The van der Waals surface area contributed by atoms with Gasteiger partial charge in [0.15, 0.2) is 5.82 Å². The van der Waals surface area contributed by atoms with Gasteiger partial charge >= 0.3 is 0 Å². The number of methoxy groups -OCH3 is 1. The average molecular weight is 413 g/mol. The van der Waals surface area contributed by atoms with Crippen molar-refractivity contribution in [3.05, 3.63) is 84.4 Å². The van der Waals surface area contributed by atoms with Crippen LogP contribution in [-0.4, -0.2) is 41.6 Å². The standard InChI is InChI=1S/C26H28N4O/c1-3-30(19-20-9-5-4-6-10-20)18-17-27-26-23-11-7-8-12-24(23)28-25(29-26)21-13-15-22(31-2)16-14-21/h4-16H,3,17-19H2,1-2H3,(H,27,28,29). The van der Waals surface area contributed by atoms with Crippen molar-refractivity contribution in [3.8, 4) is 17.1 Å². The van der Waals surface area contributed by atoms with Gasteiger partial charge in [-0.3, -0.25) is 4.90 Å². The van der Waals surface area contributed by atoms with Crippen LogP contribution < -0.4 is 10.1 Å². The molecule has 0 aliphatic carbocycles. The molecule has 0 bridgehead atoms. The lowest BCUT2D eigenvalue weighted by molar-refractivity contribution is 0.291. The molecule has 3 aromatic carbocycles. The first-order valence-corrected chi connectivity index (χ1v) is 10.7. The molecule has 0 radical (unpaired) electrons. The molecular formula is C26H28N4O. The van der Waals surface area contributed by atoms with Gasteiger partial charge in [-0.05, 0) is 48.5 Å². The van der Waals surface area contributed by atoms with Crippen LogP contribution in [0.5, 0.6) is 5.75 Å². The summed E-state index contributed by atoms with van der Waals surface area (Å²) >= 11 is 0. The molecule has 31 heavy (non-hydrogen) atoms. The first kappa shape index (κ1) is 20.8. The Hall–Kier alpha value is -3.44. The van der Waals surface area contributed by atoms with Crippen LogP contribution in [0.2, 0.25) is 0 Å². The highest BCUT2D eigenvalue weighted by atomic mass is 16.5. The van der Waals surface area contributed by atoms with Crippen molar-refractivity contribution in [2.75, 3.05) is 32.1 Å². The largest absolute Gasteiger partial charge is 0.497 e. The highest BCUT2D eigenvalue weighted by molar-refractivity contribution is 5.90. The molecule has 4 rings (SSSR count). The van der Waals surface area contributed by atoms with Crippen molar-refractivity contribution in [2.24, 2.45) is 0 Å². The molecule has 0 fully saturated rings. The number of fused-ring (bicyclic) bond motifs is 1. The third-order valence-electron chi connectivity index (χ3n) is 5.37. The number of para-hydroxylation sites is 1. The zero-order valence-electron chi connectivity index (χ0n) is 18.1. The smallest absolute Gasteiger partial charge is 0.162 e. The first-order chi connectivity index (χ1) is 15.3. The Labute approximate surface area is 183 Å². The van der Waals surface area contributed by atoms with Crippen molar-refractivity contribution in [2.45, 2.75) is 13.5 Å². The number of aromatic nitrogens is 2. The fourth-order valence-electron chi connectivity index (χ4n) is 3.60. The molecule has 1 aromatic heterocycles. The molecule has 0 unspecified atom stereocenters. The molecule has 1 heterocycles. The van der Waals surface area contributed by atoms with E-state index in [1.165, 1.54) is 5.56 Å². The molecule has 0 aliphatic rings. The monoisotopic (exact) mass is 412 g/mol. The fraction of sp³-hybridized carbons (Fsp3) is 0.231. The van der Waals surface area contributed by atoms with E-state index in [1.807, 2.05) is 42.5 Å². The van der Waals surface area contributed by atoms with Crippen LogP contribution in [0.25, 0.3) is 22.3 Å². The summed E-state index contributed by atoms with van der Waals surface area (Å²) in [6.07, 6.45) is 0. The summed E-state index contributed by atoms with van der Waals surface area (Å²) in [7, 11) is 1.67. The summed E-state index contributed by atoms with van der Waals surface area (Å²) in [5.41, 5.74) is 3.23. The highest BCUT2D eigenvalue weighted by Crippen LogP contribution is 2.26. The van der Waals surface area contributed by atoms with Crippen molar-refractivity contribution >= 4 is 16.7 Å². The minimum absolute atomic E-state index is 0.709. The maximum Gasteiger partial charge on any atom is 0.162 e. The quantitative estimate of drug-likeness (QED) is 0.407. The van der Waals surface area contributed by atoms with Gasteiger partial charge in [-0.2, -0.15) is 0 Å². The van der Waals surface area contributed by atoms with Gasteiger partial charge in [-0.25, -0.2) is 9.97 Å². The van der Waals surface area contributed by atoms with Crippen LogP contribution in [0, 0.1) is 0 Å². The Morgan fingerprint density at radius 2 is 1.61 bits per heavy atom. The number of anilines is 1. The number of likely N-dealkylation sites (N-methyl/N-ethyl adjacent to an activating group) is 1. The van der Waals surface area contributed by atoms with Crippen molar-refractivity contribution < 1.29 is 4.74 Å². The summed E-state index contributed by atoms with van der Waals surface area (Å²) in [6, 6.07) is 26.6. The summed E-state index contributed by atoms with van der Waals surface area (Å²) in [5, 5.41) is 4.59. The van der Waals surface area contributed by atoms with E-state index >= 15 is 0 Å². The number of nitrogens with one attached hydrogen (secondary N) is 1. The predicted octanol–water partition coefficient (Wildman–Crippen LogP) is 5.24. The number of ether oxygens (including phenoxy) is 1. The van der Waals surface area contributed by atoms with E-state index in [4.69, 9.17) is 14.7 Å². The molecular weight excluding hydrogens is 384 g/mol. The Morgan fingerprint density at radius 3 is 2.35 bits per heavy atom. The van der Waals surface area contributed by atoms with Crippen LogP contribution in [-0.2, 0) is 6.54 Å². The minimum atomic E-state index is 0.709. The number of nitrogens with zero attached hydrogens (tertiary/aromatic N) is 3. The van der Waals surface area contributed by atoms with Crippen LogP contribution in [0.3, 0.4) is 0 Å². The topological polar surface area (TPSA) is 50.3 Å². The van der Waals surface area contributed by atoms with E-state index in [0.29, 0.717) is 5.82 Å². The number of benzene rings is 3. The van der Waals surface area contributed by atoms with Gasteiger partial charge < -0.3 is 10.1 Å². The van der Waals surface area contributed by atoms with E-state index < -0.39 is 0 Å².